The summed E-state index contributed by atoms with van der Waals surface area (Å²) in [7, 11) is 0. The Morgan fingerprint density at radius 2 is 1.55 bits per heavy atom. The van der Waals surface area contributed by atoms with Gasteiger partial charge in [-0.1, -0.05) is 42.0 Å². The molecule has 1 N–H and O–H groups in total. The number of esters is 1. The molecular formula is C26H22N2O3. The molecule has 5 nitrogen and oxygen atoms in total. The minimum absolute atomic E-state index is 0.0229. The number of nitriles is 1. The van der Waals surface area contributed by atoms with Crippen LogP contribution in [-0.4, -0.2) is 11.9 Å². The number of anilines is 1. The minimum Gasteiger partial charge on any atom is -0.423 e. The van der Waals surface area contributed by atoms with Gasteiger partial charge >= 0.3 is 5.97 Å². The lowest BCUT2D eigenvalue weighted by Crippen LogP contribution is -2.14. The molecule has 0 fully saturated rings. The Morgan fingerprint density at radius 1 is 0.903 bits per heavy atom. The summed E-state index contributed by atoms with van der Waals surface area (Å²) in [4.78, 5) is 24.8. The third-order valence-electron chi connectivity index (χ3n) is 4.70. The van der Waals surface area contributed by atoms with E-state index in [2.05, 4.69) is 5.32 Å². The van der Waals surface area contributed by atoms with E-state index in [1.807, 2.05) is 57.2 Å². The molecule has 1 amide bonds. The highest BCUT2D eigenvalue weighted by atomic mass is 16.5. The van der Waals surface area contributed by atoms with Crippen molar-refractivity contribution >= 4 is 23.6 Å². The molecule has 0 aliphatic carbocycles. The number of aryl methyl sites for hydroxylation is 3. The largest absolute Gasteiger partial charge is 0.423 e. The molecule has 0 aliphatic rings. The predicted molar refractivity (Wildman–Crippen MR) is 121 cm³/mol. The highest BCUT2D eigenvalue weighted by molar-refractivity contribution is 6.10. The summed E-state index contributed by atoms with van der Waals surface area (Å²) in [5, 5.41) is 12.2. The fraction of sp³-hybridized carbons (Fsp3) is 0.115. The first-order chi connectivity index (χ1) is 14.9. The predicted octanol–water partition coefficient (Wildman–Crippen LogP) is 5.38. The van der Waals surface area contributed by atoms with E-state index < -0.39 is 11.9 Å². The van der Waals surface area contributed by atoms with Crippen LogP contribution in [-0.2, 0) is 4.79 Å². The van der Waals surface area contributed by atoms with Crippen molar-refractivity contribution < 1.29 is 14.3 Å². The molecular weight excluding hydrogens is 388 g/mol. The molecule has 31 heavy (non-hydrogen) atoms. The quantitative estimate of drug-likeness (QED) is 0.265. The molecule has 0 atom stereocenters. The van der Waals surface area contributed by atoms with E-state index in [4.69, 9.17) is 4.74 Å². The summed E-state index contributed by atoms with van der Waals surface area (Å²) in [6.45, 7) is 5.77. The molecule has 0 spiro atoms. The summed E-state index contributed by atoms with van der Waals surface area (Å²) in [6, 6.07) is 21.4. The van der Waals surface area contributed by atoms with Crippen LogP contribution in [0.4, 0.5) is 5.69 Å². The molecule has 0 saturated carbocycles. The van der Waals surface area contributed by atoms with E-state index >= 15 is 0 Å². The molecule has 0 saturated heterocycles. The van der Waals surface area contributed by atoms with E-state index in [1.165, 1.54) is 6.08 Å². The second kappa shape index (κ2) is 9.55. The number of amides is 1. The number of hydrogen-bond acceptors (Lipinski definition) is 4. The third kappa shape index (κ3) is 5.68. The maximum absolute atomic E-state index is 12.5. The molecule has 0 unspecified atom stereocenters. The fourth-order valence-corrected chi connectivity index (χ4v) is 2.86. The van der Waals surface area contributed by atoms with Gasteiger partial charge in [-0.3, -0.25) is 4.79 Å². The molecule has 3 aromatic rings. The molecule has 0 radical (unpaired) electrons. The van der Waals surface area contributed by atoms with Gasteiger partial charge in [-0.05, 0) is 73.9 Å². The molecule has 0 heterocycles. The average Bonchev–Trinajstić information content (AvgIpc) is 2.76. The summed E-state index contributed by atoms with van der Waals surface area (Å²) in [5.74, 6) is -0.555. The van der Waals surface area contributed by atoms with E-state index in [-0.39, 0.29) is 5.57 Å². The molecule has 0 aromatic heterocycles. The normalized spacial score (nSPS) is 10.8. The summed E-state index contributed by atoms with van der Waals surface area (Å²) >= 11 is 0. The lowest BCUT2D eigenvalue weighted by molar-refractivity contribution is -0.112. The first kappa shape index (κ1) is 21.5. The van der Waals surface area contributed by atoms with Crippen LogP contribution in [0.5, 0.6) is 5.75 Å². The number of carbonyl (C=O) groups is 2. The Hall–Kier alpha value is -4.17. The zero-order valence-electron chi connectivity index (χ0n) is 17.6. The Labute approximate surface area is 181 Å². The smallest absolute Gasteiger partial charge is 0.343 e. The second-order valence-corrected chi connectivity index (χ2v) is 7.27. The maximum atomic E-state index is 12.5. The van der Waals surface area contributed by atoms with E-state index in [9.17, 15) is 14.9 Å². The lowest BCUT2D eigenvalue weighted by atomic mass is 10.1. The molecule has 0 bridgehead atoms. The summed E-state index contributed by atoms with van der Waals surface area (Å²) < 4.78 is 5.37. The summed E-state index contributed by atoms with van der Waals surface area (Å²) in [6.07, 6.45) is 1.49. The van der Waals surface area contributed by atoms with Crippen LogP contribution in [0.3, 0.4) is 0 Å². The molecule has 3 rings (SSSR count). The first-order valence-corrected chi connectivity index (χ1v) is 9.75. The number of nitrogens with zero attached hydrogens (tertiary/aromatic N) is 1. The van der Waals surface area contributed by atoms with Crippen LogP contribution >= 0.6 is 0 Å². The zero-order valence-corrected chi connectivity index (χ0v) is 17.6. The minimum atomic E-state index is -0.480. The van der Waals surface area contributed by atoms with E-state index in [0.717, 1.165) is 16.7 Å². The van der Waals surface area contributed by atoms with Gasteiger partial charge in [-0.15, -0.1) is 0 Å². The van der Waals surface area contributed by atoms with E-state index in [0.29, 0.717) is 22.6 Å². The van der Waals surface area contributed by atoms with Crippen molar-refractivity contribution in [1.82, 2.24) is 0 Å². The molecule has 0 aliphatic heterocycles. The summed E-state index contributed by atoms with van der Waals surface area (Å²) in [5.41, 5.74) is 4.74. The Morgan fingerprint density at radius 3 is 2.19 bits per heavy atom. The van der Waals surface area contributed by atoms with Gasteiger partial charge in [0.05, 0.1) is 5.56 Å². The molecule has 3 aromatic carbocycles. The van der Waals surface area contributed by atoms with Gasteiger partial charge in [0.1, 0.15) is 17.4 Å². The highest BCUT2D eigenvalue weighted by Gasteiger charge is 2.12. The van der Waals surface area contributed by atoms with Crippen molar-refractivity contribution in [3.63, 3.8) is 0 Å². The standard InChI is InChI=1S/C26H22N2O3/c1-17-5-10-21(11-6-17)26(30)31-23-12-8-20(9-13-23)15-22(16-27)25(29)28-24-14-18(2)4-7-19(24)3/h4-15H,1-3H3,(H,28,29)/b22-15+. The van der Waals surface area contributed by atoms with Crippen molar-refractivity contribution in [2.24, 2.45) is 0 Å². The van der Waals surface area contributed by atoms with Crippen molar-refractivity contribution in [3.8, 4) is 11.8 Å². The van der Waals surface area contributed by atoms with Gasteiger partial charge in [0, 0.05) is 5.69 Å². The van der Waals surface area contributed by atoms with Gasteiger partial charge in [0.2, 0.25) is 0 Å². The SMILES string of the molecule is Cc1ccc(C(=O)Oc2ccc(/C=C(\C#N)C(=O)Nc3cc(C)ccc3C)cc2)cc1. The van der Waals surface area contributed by atoms with Crippen LogP contribution < -0.4 is 10.1 Å². The average molecular weight is 410 g/mol. The second-order valence-electron chi connectivity index (χ2n) is 7.27. The Kier molecular flexibility index (Phi) is 6.64. The van der Waals surface area contributed by atoms with Gasteiger partial charge < -0.3 is 10.1 Å². The van der Waals surface area contributed by atoms with Crippen LogP contribution in [0.25, 0.3) is 6.08 Å². The maximum Gasteiger partial charge on any atom is 0.343 e. The molecule has 5 heteroatoms. The fourth-order valence-electron chi connectivity index (χ4n) is 2.86. The van der Waals surface area contributed by atoms with Crippen molar-refractivity contribution in [2.75, 3.05) is 5.32 Å². The third-order valence-corrected chi connectivity index (χ3v) is 4.70. The van der Waals surface area contributed by atoms with Crippen LogP contribution in [0.2, 0.25) is 0 Å². The van der Waals surface area contributed by atoms with Crippen molar-refractivity contribution in [3.05, 3.63) is 100 Å². The number of carbonyl (C=O) groups excluding carboxylic acids is 2. The Bertz CT molecular complexity index is 1180. The number of hydrogen-bond donors (Lipinski definition) is 1. The molecule has 154 valence electrons. The van der Waals surface area contributed by atoms with Crippen LogP contribution in [0.1, 0.15) is 32.6 Å². The van der Waals surface area contributed by atoms with E-state index in [1.54, 1.807) is 36.4 Å². The number of benzene rings is 3. The van der Waals surface area contributed by atoms with Crippen molar-refractivity contribution in [1.29, 1.82) is 5.26 Å². The topological polar surface area (TPSA) is 79.2 Å². The van der Waals surface area contributed by atoms with Gasteiger partial charge in [-0.2, -0.15) is 5.26 Å². The highest BCUT2D eigenvalue weighted by Crippen LogP contribution is 2.19. The zero-order chi connectivity index (χ0) is 22.4. The Balaban J connectivity index is 1.70. The lowest BCUT2D eigenvalue weighted by Gasteiger charge is -2.09. The van der Waals surface area contributed by atoms with Gasteiger partial charge in [0.15, 0.2) is 0 Å². The van der Waals surface area contributed by atoms with Crippen LogP contribution in [0, 0.1) is 32.1 Å². The van der Waals surface area contributed by atoms with Gasteiger partial charge in [0.25, 0.3) is 5.91 Å². The number of rotatable bonds is 5. The van der Waals surface area contributed by atoms with Gasteiger partial charge in [-0.25, -0.2) is 4.79 Å². The number of ether oxygens (including phenoxy) is 1. The number of nitrogens with one attached hydrogen (secondary N) is 1. The first-order valence-electron chi connectivity index (χ1n) is 9.75. The monoisotopic (exact) mass is 410 g/mol. The van der Waals surface area contributed by atoms with Crippen molar-refractivity contribution in [2.45, 2.75) is 20.8 Å². The van der Waals surface area contributed by atoms with Crippen LogP contribution in [0.15, 0.2) is 72.3 Å².